The first-order valence-corrected chi connectivity index (χ1v) is 5.03. The molecule has 1 atom stereocenters. The zero-order chi connectivity index (χ0) is 11.0. The molecule has 0 fully saturated rings. The summed E-state index contributed by atoms with van der Waals surface area (Å²) in [6, 6.07) is 0. The highest BCUT2D eigenvalue weighted by Gasteiger charge is 2.05. The lowest BCUT2D eigenvalue weighted by Crippen LogP contribution is -2.07. The van der Waals surface area contributed by atoms with Crippen molar-refractivity contribution in [1.29, 1.82) is 0 Å². The summed E-state index contributed by atoms with van der Waals surface area (Å²) in [6.45, 7) is 10.1. The molecule has 0 amide bonds. The van der Waals surface area contributed by atoms with Gasteiger partial charge in [0.25, 0.3) is 0 Å². The summed E-state index contributed by atoms with van der Waals surface area (Å²) in [6.07, 6.45) is 5.42. The summed E-state index contributed by atoms with van der Waals surface area (Å²) in [5.41, 5.74) is 1.13. The molecule has 2 heteroatoms. The van der Waals surface area contributed by atoms with Crippen LogP contribution in [0.1, 0.15) is 33.6 Å². The van der Waals surface area contributed by atoms with E-state index in [-0.39, 0.29) is 11.9 Å². The van der Waals surface area contributed by atoms with Gasteiger partial charge in [0, 0.05) is 0 Å². The fraction of sp³-hybridized carbons (Fsp3) is 0.583. The van der Waals surface area contributed by atoms with Crippen LogP contribution in [-0.4, -0.2) is 12.6 Å². The number of carbonyl (C=O) groups excluding carboxylic acids is 1. The van der Waals surface area contributed by atoms with Gasteiger partial charge in [0.2, 0.25) is 0 Å². The second-order valence-electron chi connectivity index (χ2n) is 3.58. The lowest BCUT2D eigenvalue weighted by atomic mass is 10.1. The zero-order valence-electron chi connectivity index (χ0n) is 9.38. The van der Waals surface area contributed by atoms with Gasteiger partial charge in [-0.3, -0.25) is 4.79 Å². The Morgan fingerprint density at radius 2 is 2.21 bits per heavy atom. The minimum Gasteiger partial charge on any atom is -0.466 e. The molecule has 0 aliphatic carbocycles. The van der Waals surface area contributed by atoms with E-state index >= 15 is 0 Å². The van der Waals surface area contributed by atoms with Crippen molar-refractivity contribution in [2.24, 2.45) is 5.92 Å². The van der Waals surface area contributed by atoms with Crippen LogP contribution in [0, 0.1) is 5.92 Å². The Hall–Kier alpha value is -1.05. The van der Waals surface area contributed by atoms with Crippen LogP contribution in [0.5, 0.6) is 0 Å². The summed E-state index contributed by atoms with van der Waals surface area (Å²) in [4.78, 5) is 11.1. The van der Waals surface area contributed by atoms with Crippen molar-refractivity contribution in [2.45, 2.75) is 33.6 Å². The summed E-state index contributed by atoms with van der Waals surface area (Å²) in [5, 5.41) is 0. The molecule has 0 aromatic rings. The number of ether oxygens (including phenoxy) is 1. The maximum absolute atomic E-state index is 11.1. The molecule has 0 heterocycles. The Balaban J connectivity index is 3.74. The number of carbonyl (C=O) groups is 1. The standard InChI is InChI=1S/C12H20O2/c1-5-14-12(13)9-11(4)8-6-7-10(2)3/h6,8,11H,2,5,7,9H2,1,3-4H3. The predicted molar refractivity (Wildman–Crippen MR) is 59.0 cm³/mol. The molecule has 0 aromatic heterocycles. The van der Waals surface area contributed by atoms with Gasteiger partial charge in [-0.2, -0.15) is 0 Å². The fourth-order valence-corrected chi connectivity index (χ4v) is 1.05. The van der Waals surface area contributed by atoms with Gasteiger partial charge in [-0.1, -0.05) is 31.2 Å². The number of allylic oxidation sites excluding steroid dienone is 3. The van der Waals surface area contributed by atoms with Crippen molar-refractivity contribution in [3.05, 3.63) is 24.3 Å². The van der Waals surface area contributed by atoms with Gasteiger partial charge in [-0.15, -0.1) is 0 Å². The van der Waals surface area contributed by atoms with E-state index in [0.29, 0.717) is 13.0 Å². The van der Waals surface area contributed by atoms with Crippen LogP contribution in [0.25, 0.3) is 0 Å². The quantitative estimate of drug-likeness (QED) is 0.482. The molecule has 0 rings (SSSR count). The monoisotopic (exact) mass is 196 g/mol. The van der Waals surface area contributed by atoms with Crippen molar-refractivity contribution < 1.29 is 9.53 Å². The third kappa shape index (κ3) is 7.59. The lowest BCUT2D eigenvalue weighted by molar-refractivity contribution is -0.143. The number of hydrogen-bond acceptors (Lipinski definition) is 2. The highest BCUT2D eigenvalue weighted by atomic mass is 16.5. The molecular weight excluding hydrogens is 176 g/mol. The van der Waals surface area contributed by atoms with Gasteiger partial charge in [0.05, 0.1) is 13.0 Å². The summed E-state index contributed by atoms with van der Waals surface area (Å²) in [7, 11) is 0. The molecule has 2 nitrogen and oxygen atoms in total. The largest absolute Gasteiger partial charge is 0.466 e. The first-order valence-electron chi connectivity index (χ1n) is 5.03. The molecule has 0 saturated carbocycles. The second kappa shape index (κ2) is 7.36. The van der Waals surface area contributed by atoms with E-state index in [1.807, 2.05) is 32.9 Å². The minimum atomic E-state index is -0.125. The van der Waals surface area contributed by atoms with Crippen LogP contribution >= 0.6 is 0 Å². The summed E-state index contributed by atoms with van der Waals surface area (Å²) >= 11 is 0. The minimum absolute atomic E-state index is 0.125. The average molecular weight is 196 g/mol. The van der Waals surface area contributed by atoms with E-state index in [9.17, 15) is 4.79 Å². The van der Waals surface area contributed by atoms with Crippen molar-refractivity contribution in [2.75, 3.05) is 6.61 Å². The van der Waals surface area contributed by atoms with Crippen LogP contribution in [0.2, 0.25) is 0 Å². The molecule has 80 valence electrons. The molecule has 0 radical (unpaired) electrons. The van der Waals surface area contributed by atoms with Gasteiger partial charge in [-0.25, -0.2) is 0 Å². The van der Waals surface area contributed by atoms with E-state index in [4.69, 9.17) is 4.74 Å². The van der Waals surface area contributed by atoms with Gasteiger partial charge in [-0.05, 0) is 26.2 Å². The maximum Gasteiger partial charge on any atom is 0.306 e. The third-order valence-electron chi connectivity index (χ3n) is 1.72. The molecule has 1 unspecified atom stereocenters. The van der Waals surface area contributed by atoms with E-state index < -0.39 is 0 Å². The van der Waals surface area contributed by atoms with E-state index in [0.717, 1.165) is 12.0 Å². The van der Waals surface area contributed by atoms with E-state index in [1.54, 1.807) is 0 Å². The van der Waals surface area contributed by atoms with Crippen LogP contribution < -0.4 is 0 Å². The molecule has 0 aliphatic heterocycles. The van der Waals surface area contributed by atoms with Gasteiger partial charge < -0.3 is 4.74 Å². The Morgan fingerprint density at radius 3 is 2.71 bits per heavy atom. The second-order valence-corrected chi connectivity index (χ2v) is 3.58. The SMILES string of the molecule is C=C(C)CC=CC(C)CC(=O)OCC. The average Bonchev–Trinajstić information content (AvgIpc) is 2.03. The zero-order valence-corrected chi connectivity index (χ0v) is 9.38. The van der Waals surface area contributed by atoms with Gasteiger partial charge in [0.1, 0.15) is 0 Å². The summed E-state index contributed by atoms with van der Waals surface area (Å²) in [5.74, 6) is 0.119. The van der Waals surface area contributed by atoms with Crippen LogP contribution in [0.4, 0.5) is 0 Å². The molecular formula is C12H20O2. The van der Waals surface area contributed by atoms with Crippen molar-refractivity contribution in [1.82, 2.24) is 0 Å². The highest BCUT2D eigenvalue weighted by molar-refractivity contribution is 5.69. The molecule has 0 bridgehead atoms. The smallest absolute Gasteiger partial charge is 0.306 e. The molecule has 0 aliphatic rings. The number of hydrogen-bond donors (Lipinski definition) is 0. The first kappa shape index (κ1) is 12.9. The third-order valence-corrected chi connectivity index (χ3v) is 1.72. The molecule has 14 heavy (non-hydrogen) atoms. The lowest BCUT2D eigenvalue weighted by Gasteiger charge is -2.05. The molecule has 0 N–H and O–H groups in total. The maximum atomic E-state index is 11.1. The normalized spacial score (nSPS) is 12.8. The fourth-order valence-electron chi connectivity index (χ4n) is 1.05. The summed E-state index contributed by atoms with van der Waals surface area (Å²) < 4.78 is 4.85. The Bertz CT molecular complexity index is 216. The Kier molecular flexibility index (Phi) is 6.81. The highest BCUT2D eigenvalue weighted by Crippen LogP contribution is 2.07. The van der Waals surface area contributed by atoms with Crippen molar-refractivity contribution in [3.63, 3.8) is 0 Å². The van der Waals surface area contributed by atoms with Crippen LogP contribution in [-0.2, 0) is 9.53 Å². The molecule has 0 saturated heterocycles. The number of esters is 1. The van der Waals surface area contributed by atoms with Crippen molar-refractivity contribution >= 4 is 5.97 Å². The first-order chi connectivity index (χ1) is 6.56. The Morgan fingerprint density at radius 1 is 1.57 bits per heavy atom. The van der Waals surface area contributed by atoms with Crippen LogP contribution in [0.3, 0.4) is 0 Å². The van der Waals surface area contributed by atoms with E-state index in [1.165, 1.54) is 0 Å². The van der Waals surface area contributed by atoms with Gasteiger partial charge in [0.15, 0.2) is 0 Å². The molecule has 0 spiro atoms. The Labute approximate surface area is 86.6 Å². The van der Waals surface area contributed by atoms with Gasteiger partial charge >= 0.3 is 5.97 Å². The molecule has 0 aromatic carbocycles. The topological polar surface area (TPSA) is 26.3 Å². The van der Waals surface area contributed by atoms with Crippen molar-refractivity contribution in [3.8, 4) is 0 Å². The number of rotatable bonds is 6. The predicted octanol–water partition coefficient (Wildman–Crippen LogP) is 3.10. The van der Waals surface area contributed by atoms with Crippen LogP contribution in [0.15, 0.2) is 24.3 Å². The van der Waals surface area contributed by atoms with E-state index in [2.05, 4.69) is 6.58 Å².